The van der Waals surface area contributed by atoms with Gasteiger partial charge in [-0.1, -0.05) is 39.0 Å². The van der Waals surface area contributed by atoms with Gasteiger partial charge in [-0.3, -0.25) is 4.79 Å². The molecule has 0 radical (unpaired) electrons. The second kappa shape index (κ2) is 8.47. The Morgan fingerprint density at radius 3 is 2.33 bits per heavy atom. The Morgan fingerprint density at radius 1 is 1.00 bits per heavy atom. The molecule has 1 heterocycles. The highest BCUT2D eigenvalue weighted by Crippen LogP contribution is 2.29. The molecule has 0 saturated carbocycles. The first kappa shape index (κ1) is 19.3. The lowest BCUT2D eigenvalue weighted by Gasteiger charge is -2.23. The normalized spacial score (nSPS) is 14.3. The minimum Gasteiger partial charge on any atom is -0.385 e. The zero-order valence-electron chi connectivity index (χ0n) is 16.7. The number of nitrogens with zero attached hydrogens (tertiary/aromatic N) is 1. The van der Waals surface area contributed by atoms with Crippen LogP contribution < -0.4 is 15.5 Å². The van der Waals surface area contributed by atoms with Crippen LogP contribution in [-0.2, 0) is 10.2 Å². The highest BCUT2D eigenvalue weighted by atomic mass is 16.1. The third-order valence-corrected chi connectivity index (χ3v) is 5.03. The van der Waals surface area contributed by atoms with E-state index in [0.717, 1.165) is 30.0 Å². The molecule has 27 heavy (non-hydrogen) atoms. The van der Waals surface area contributed by atoms with Crippen molar-refractivity contribution < 1.29 is 4.79 Å². The topological polar surface area (TPSA) is 44.4 Å². The Labute approximate surface area is 163 Å². The minimum absolute atomic E-state index is 0.000783. The quantitative estimate of drug-likeness (QED) is 0.755. The van der Waals surface area contributed by atoms with Gasteiger partial charge in [-0.15, -0.1) is 0 Å². The van der Waals surface area contributed by atoms with Crippen LogP contribution in [0.25, 0.3) is 0 Å². The van der Waals surface area contributed by atoms with Crippen molar-refractivity contribution >= 4 is 23.0 Å². The molecular weight excluding hydrogens is 334 g/mol. The summed E-state index contributed by atoms with van der Waals surface area (Å²) in [4.78, 5) is 14.8. The van der Waals surface area contributed by atoms with Crippen LogP contribution in [0.5, 0.6) is 0 Å². The maximum absolute atomic E-state index is 12.4. The first-order chi connectivity index (χ1) is 12.9. The molecule has 2 aromatic carbocycles. The van der Waals surface area contributed by atoms with E-state index in [9.17, 15) is 4.79 Å². The van der Waals surface area contributed by atoms with Gasteiger partial charge in [0, 0.05) is 43.1 Å². The first-order valence-corrected chi connectivity index (χ1v) is 9.92. The summed E-state index contributed by atoms with van der Waals surface area (Å²) in [5, 5.41) is 6.41. The fraction of sp³-hybridized carbons (Fsp3) is 0.435. The third kappa shape index (κ3) is 5.25. The Kier molecular flexibility index (Phi) is 6.04. The largest absolute Gasteiger partial charge is 0.385 e. The van der Waals surface area contributed by atoms with Gasteiger partial charge < -0.3 is 15.5 Å². The van der Waals surface area contributed by atoms with E-state index < -0.39 is 0 Å². The van der Waals surface area contributed by atoms with E-state index in [1.165, 1.54) is 18.5 Å². The summed E-state index contributed by atoms with van der Waals surface area (Å²) in [6.07, 6.45) is 3.01. The highest BCUT2D eigenvalue weighted by Gasteiger charge is 2.18. The molecule has 4 nitrogen and oxygen atoms in total. The van der Waals surface area contributed by atoms with Gasteiger partial charge in [-0.25, -0.2) is 0 Å². The number of carbonyl (C=O) groups is 1. The Morgan fingerprint density at radius 2 is 1.67 bits per heavy atom. The number of amides is 1. The maximum atomic E-state index is 12.4. The maximum Gasteiger partial charge on any atom is 0.226 e. The third-order valence-electron chi connectivity index (χ3n) is 5.03. The number of carbonyl (C=O) groups excluding carboxylic acids is 1. The molecule has 0 bridgehead atoms. The summed E-state index contributed by atoms with van der Waals surface area (Å²) in [6.45, 7) is 9.40. The number of hydrogen-bond acceptors (Lipinski definition) is 3. The Hall–Kier alpha value is -2.49. The first-order valence-electron chi connectivity index (χ1n) is 9.92. The standard InChI is InChI=1S/C23H31N3O/c1-23(2,3)20-8-4-5-9-21(20)25-22(27)14-15-24-18-10-12-19(13-11-18)26-16-6-7-17-26/h4-5,8-13,24H,6-7,14-17H2,1-3H3,(H,25,27). The second-order valence-corrected chi connectivity index (χ2v) is 8.26. The SMILES string of the molecule is CC(C)(C)c1ccccc1NC(=O)CCNc1ccc(N2CCCC2)cc1. The molecule has 0 aliphatic carbocycles. The average Bonchev–Trinajstić information content (AvgIpc) is 3.16. The van der Waals surface area contributed by atoms with Crippen molar-refractivity contribution in [2.45, 2.75) is 45.4 Å². The van der Waals surface area contributed by atoms with Gasteiger partial charge in [0.15, 0.2) is 0 Å². The zero-order valence-corrected chi connectivity index (χ0v) is 16.7. The number of para-hydroxylation sites is 1. The van der Waals surface area contributed by atoms with Crippen molar-refractivity contribution in [3.8, 4) is 0 Å². The number of rotatable bonds is 6. The zero-order chi connectivity index (χ0) is 19.3. The molecule has 2 N–H and O–H groups in total. The molecule has 1 amide bonds. The summed E-state index contributed by atoms with van der Waals surface area (Å²) >= 11 is 0. The van der Waals surface area contributed by atoms with Gasteiger partial charge in [-0.05, 0) is 54.2 Å². The molecule has 1 aliphatic rings. The highest BCUT2D eigenvalue weighted by molar-refractivity contribution is 5.92. The average molecular weight is 366 g/mol. The molecular formula is C23H31N3O. The lowest BCUT2D eigenvalue weighted by molar-refractivity contribution is -0.115. The predicted molar refractivity (Wildman–Crippen MR) is 115 cm³/mol. The number of hydrogen-bond donors (Lipinski definition) is 2. The van der Waals surface area contributed by atoms with E-state index in [-0.39, 0.29) is 11.3 Å². The van der Waals surface area contributed by atoms with E-state index in [4.69, 9.17) is 0 Å². The van der Waals surface area contributed by atoms with E-state index in [1.54, 1.807) is 0 Å². The summed E-state index contributed by atoms with van der Waals surface area (Å²) in [5.74, 6) is 0.0351. The van der Waals surface area contributed by atoms with Gasteiger partial charge >= 0.3 is 0 Å². The van der Waals surface area contributed by atoms with Gasteiger partial charge in [-0.2, -0.15) is 0 Å². The van der Waals surface area contributed by atoms with Crippen molar-refractivity contribution in [2.75, 3.05) is 35.2 Å². The van der Waals surface area contributed by atoms with Crippen molar-refractivity contribution in [1.82, 2.24) is 0 Å². The summed E-state index contributed by atoms with van der Waals surface area (Å²) < 4.78 is 0. The molecule has 3 rings (SSSR count). The van der Waals surface area contributed by atoms with Crippen LogP contribution in [-0.4, -0.2) is 25.5 Å². The fourth-order valence-electron chi connectivity index (χ4n) is 3.54. The molecule has 2 aromatic rings. The van der Waals surface area contributed by atoms with E-state index in [1.807, 2.05) is 18.2 Å². The van der Waals surface area contributed by atoms with Crippen LogP contribution in [0.1, 0.15) is 45.6 Å². The van der Waals surface area contributed by atoms with Crippen LogP contribution in [0.4, 0.5) is 17.1 Å². The van der Waals surface area contributed by atoms with Gasteiger partial charge in [0.1, 0.15) is 0 Å². The molecule has 4 heteroatoms. The molecule has 0 unspecified atom stereocenters. The van der Waals surface area contributed by atoms with Crippen LogP contribution in [0, 0.1) is 0 Å². The molecule has 1 fully saturated rings. The predicted octanol–water partition coefficient (Wildman–Crippen LogP) is 5.03. The number of benzene rings is 2. The minimum atomic E-state index is -0.000783. The second-order valence-electron chi connectivity index (χ2n) is 8.26. The molecule has 0 atom stereocenters. The molecule has 1 saturated heterocycles. The van der Waals surface area contributed by atoms with Crippen LogP contribution in [0.3, 0.4) is 0 Å². The lowest BCUT2D eigenvalue weighted by Crippen LogP contribution is -2.20. The summed E-state index contributed by atoms with van der Waals surface area (Å²) in [5.41, 5.74) is 4.41. The van der Waals surface area contributed by atoms with Crippen molar-refractivity contribution in [3.63, 3.8) is 0 Å². The van der Waals surface area contributed by atoms with E-state index in [2.05, 4.69) is 66.6 Å². The Balaban J connectivity index is 1.49. The molecule has 0 aromatic heterocycles. The van der Waals surface area contributed by atoms with Crippen molar-refractivity contribution in [3.05, 3.63) is 54.1 Å². The molecule has 1 aliphatic heterocycles. The fourth-order valence-corrected chi connectivity index (χ4v) is 3.54. The smallest absolute Gasteiger partial charge is 0.226 e. The Bertz CT molecular complexity index is 756. The van der Waals surface area contributed by atoms with E-state index >= 15 is 0 Å². The van der Waals surface area contributed by atoms with Crippen LogP contribution in [0.2, 0.25) is 0 Å². The van der Waals surface area contributed by atoms with Crippen molar-refractivity contribution in [1.29, 1.82) is 0 Å². The summed E-state index contributed by atoms with van der Waals surface area (Å²) in [7, 11) is 0. The summed E-state index contributed by atoms with van der Waals surface area (Å²) in [6, 6.07) is 16.6. The van der Waals surface area contributed by atoms with Gasteiger partial charge in [0.25, 0.3) is 0 Å². The monoisotopic (exact) mass is 365 g/mol. The molecule has 144 valence electrons. The van der Waals surface area contributed by atoms with Crippen LogP contribution >= 0.6 is 0 Å². The number of nitrogens with one attached hydrogen (secondary N) is 2. The molecule has 0 spiro atoms. The van der Waals surface area contributed by atoms with E-state index in [0.29, 0.717) is 13.0 Å². The van der Waals surface area contributed by atoms with Crippen molar-refractivity contribution in [2.24, 2.45) is 0 Å². The number of anilines is 3. The van der Waals surface area contributed by atoms with Crippen LogP contribution in [0.15, 0.2) is 48.5 Å². The van der Waals surface area contributed by atoms with Gasteiger partial charge in [0.2, 0.25) is 5.91 Å². The lowest BCUT2D eigenvalue weighted by atomic mass is 9.86. The van der Waals surface area contributed by atoms with Gasteiger partial charge in [0.05, 0.1) is 0 Å².